The Morgan fingerprint density at radius 3 is 2.62 bits per heavy atom. The van der Waals surface area contributed by atoms with Crippen molar-refractivity contribution in [2.75, 3.05) is 13.6 Å². The Kier molecular flexibility index (Phi) is 6.02. The molecule has 0 fully saturated rings. The van der Waals surface area contributed by atoms with Crippen molar-refractivity contribution in [3.63, 3.8) is 0 Å². The molecule has 0 aliphatic carbocycles. The molecule has 1 aliphatic rings. The lowest BCUT2D eigenvalue weighted by molar-refractivity contribution is -0.133. The number of nitrogens with one attached hydrogen (secondary N) is 1. The molecule has 8 heteroatoms. The van der Waals surface area contributed by atoms with E-state index in [0.717, 1.165) is 10.6 Å². The quantitative estimate of drug-likeness (QED) is 0.819. The summed E-state index contributed by atoms with van der Waals surface area (Å²) in [4.78, 5) is 27.6. The van der Waals surface area contributed by atoms with Crippen LogP contribution in [0.25, 0.3) is 0 Å². The van der Waals surface area contributed by atoms with E-state index in [9.17, 15) is 14.0 Å². The first-order chi connectivity index (χ1) is 13.7. The molecule has 0 unspecified atom stereocenters. The third kappa shape index (κ3) is 5.00. The van der Waals surface area contributed by atoms with Crippen molar-refractivity contribution in [2.45, 2.75) is 38.8 Å². The molecule has 3 amide bonds. The molecule has 1 atom stereocenters. The molecule has 0 saturated heterocycles. The lowest BCUT2D eigenvalue weighted by Crippen LogP contribution is -2.49. The van der Waals surface area contributed by atoms with Gasteiger partial charge in [-0.15, -0.1) is 11.3 Å². The van der Waals surface area contributed by atoms with Gasteiger partial charge < -0.3 is 10.2 Å². The third-order valence-corrected chi connectivity index (χ3v) is 5.36. The van der Waals surface area contributed by atoms with Crippen molar-refractivity contribution in [3.8, 4) is 0 Å². The lowest BCUT2D eigenvalue weighted by Gasteiger charge is -2.28. The smallest absolute Gasteiger partial charge is 0.318 e. The van der Waals surface area contributed by atoms with Crippen LogP contribution in [-0.2, 0) is 4.79 Å². The minimum Gasteiger partial charge on any atom is -0.333 e. The standard InChI is InChI=1S/C21H25FN4O2S/c1-21(2,3)23-20(28)25(4)13-19(27)26-17(14-8-5-6-9-15(14)22)12-16(24-26)18-10-7-11-29-18/h5-11,17H,12-13H2,1-4H3,(H,23,28)/t17-/m1/s1. The molecular formula is C21H25FN4O2S. The Bertz CT molecular complexity index is 921. The van der Waals surface area contributed by atoms with E-state index in [1.807, 2.05) is 38.3 Å². The van der Waals surface area contributed by atoms with Crippen LogP contribution in [0.3, 0.4) is 0 Å². The van der Waals surface area contributed by atoms with Gasteiger partial charge in [-0.2, -0.15) is 5.10 Å². The number of benzene rings is 1. The largest absolute Gasteiger partial charge is 0.333 e. The highest BCUT2D eigenvalue weighted by Gasteiger charge is 2.35. The van der Waals surface area contributed by atoms with Gasteiger partial charge >= 0.3 is 6.03 Å². The van der Waals surface area contributed by atoms with Crippen LogP contribution in [0.15, 0.2) is 46.9 Å². The molecule has 0 spiro atoms. The number of thiophene rings is 1. The summed E-state index contributed by atoms with van der Waals surface area (Å²) < 4.78 is 14.5. The summed E-state index contributed by atoms with van der Waals surface area (Å²) in [5.74, 6) is -0.742. The van der Waals surface area contributed by atoms with Gasteiger partial charge in [0.2, 0.25) is 0 Å². The molecule has 0 bridgehead atoms. The fourth-order valence-electron chi connectivity index (χ4n) is 3.08. The molecule has 1 aliphatic heterocycles. The minimum atomic E-state index is -0.542. The van der Waals surface area contributed by atoms with Gasteiger partial charge in [0.1, 0.15) is 12.4 Å². The molecule has 2 aromatic rings. The van der Waals surface area contributed by atoms with Gasteiger partial charge in [0.05, 0.1) is 16.6 Å². The second-order valence-electron chi connectivity index (χ2n) is 8.04. The Morgan fingerprint density at radius 2 is 2.00 bits per heavy atom. The number of amides is 3. The number of rotatable bonds is 4. The van der Waals surface area contributed by atoms with Crippen LogP contribution in [-0.4, -0.2) is 46.7 Å². The first-order valence-electron chi connectivity index (χ1n) is 9.37. The number of hydrogen-bond acceptors (Lipinski definition) is 4. The maximum absolute atomic E-state index is 14.5. The van der Waals surface area contributed by atoms with Crippen LogP contribution in [0.2, 0.25) is 0 Å². The number of carbonyl (C=O) groups excluding carboxylic acids is 2. The number of hydrogen-bond donors (Lipinski definition) is 1. The van der Waals surface area contributed by atoms with Gasteiger partial charge in [-0.3, -0.25) is 4.79 Å². The highest BCUT2D eigenvalue weighted by atomic mass is 32.1. The molecule has 6 nitrogen and oxygen atoms in total. The minimum absolute atomic E-state index is 0.159. The maximum atomic E-state index is 14.5. The van der Waals surface area contributed by atoms with E-state index < -0.39 is 11.6 Å². The van der Waals surface area contributed by atoms with Gasteiger partial charge in [0, 0.05) is 24.6 Å². The molecule has 1 aromatic heterocycles. The molecular weight excluding hydrogens is 391 g/mol. The summed E-state index contributed by atoms with van der Waals surface area (Å²) in [6, 6.07) is 9.36. The predicted molar refractivity (Wildman–Crippen MR) is 112 cm³/mol. The van der Waals surface area contributed by atoms with E-state index in [1.54, 1.807) is 25.2 Å². The van der Waals surface area contributed by atoms with Crippen LogP contribution >= 0.6 is 11.3 Å². The summed E-state index contributed by atoms with van der Waals surface area (Å²) in [5.41, 5.74) is 0.740. The number of nitrogens with zero attached hydrogens (tertiary/aromatic N) is 3. The van der Waals surface area contributed by atoms with Crippen molar-refractivity contribution in [2.24, 2.45) is 5.10 Å². The van der Waals surface area contributed by atoms with Crippen LogP contribution in [0.1, 0.15) is 43.7 Å². The topological polar surface area (TPSA) is 65.0 Å². The molecule has 1 aromatic carbocycles. The predicted octanol–water partition coefficient (Wildman–Crippen LogP) is 4.00. The molecule has 2 heterocycles. The van der Waals surface area contributed by atoms with Crippen molar-refractivity contribution in [3.05, 3.63) is 58.0 Å². The second kappa shape index (κ2) is 8.32. The third-order valence-electron chi connectivity index (χ3n) is 4.44. The summed E-state index contributed by atoms with van der Waals surface area (Å²) >= 11 is 1.52. The SMILES string of the molecule is CN(CC(=O)N1N=C(c2cccs2)C[C@@H]1c1ccccc1F)C(=O)NC(C)(C)C. The summed E-state index contributed by atoms with van der Waals surface area (Å²) in [6.07, 6.45) is 0.422. The van der Waals surface area contributed by atoms with E-state index in [0.29, 0.717) is 12.0 Å². The molecule has 29 heavy (non-hydrogen) atoms. The normalized spacial score (nSPS) is 16.5. The number of carbonyl (C=O) groups is 2. The Balaban J connectivity index is 1.83. The Labute approximate surface area is 174 Å². The number of likely N-dealkylation sites (N-methyl/N-ethyl adjacent to an activating group) is 1. The van der Waals surface area contributed by atoms with Crippen LogP contribution < -0.4 is 5.32 Å². The second-order valence-corrected chi connectivity index (χ2v) is 8.99. The van der Waals surface area contributed by atoms with Crippen molar-refractivity contribution < 1.29 is 14.0 Å². The van der Waals surface area contributed by atoms with Crippen molar-refractivity contribution in [1.29, 1.82) is 0 Å². The zero-order valence-corrected chi connectivity index (χ0v) is 17.8. The monoisotopic (exact) mass is 416 g/mol. The number of urea groups is 1. The van der Waals surface area contributed by atoms with Crippen LogP contribution in [0.5, 0.6) is 0 Å². The molecule has 0 radical (unpaired) electrons. The average Bonchev–Trinajstić information content (AvgIpc) is 3.30. The van der Waals surface area contributed by atoms with Gasteiger partial charge in [-0.1, -0.05) is 24.3 Å². The fraction of sp³-hybridized carbons (Fsp3) is 0.381. The summed E-state index contributed by atoms with van der Waals surface area (Å²) in [6.45, 7) is 5.45. The molecule has 1 N–H and O–H groups in total. The van der Waals surface area contributed by atoms with E-state index in [4.69, 9.17) is 0 Å². The highest BCUT2D eigenvalue weighted by Crippen LogP contribution is 2.35. The van der Waals surface area contributed by atoms with E-state index >= 15 is 0 Å². The molecule has 154 valence electrons. The molecule has 0 saturated carbocycles. The zero-order chi connectivity index (χ0) is 21.2. The Hall–Kier alpha value is -2.74. The van der Waals surface area contributed by atoms with E-state index in [1.165, 1.54) is 27.3 Å². The summed E-state index contributed by atoms with van der Waals surface area (Å²) in [7, 11) is 1.55. The van der Waals surface area contributed by atoms with Crippen LogP contribution in [0, 0.1) is 5.82 Å². The average molecular weight is 417 g/mol. The van der Waals surface area contributed by atoms with Crippen molar-refractivity contribution >= 4 is 29.0 Å². The summed E-state index contributed by atoms with van der Waals surface area (Å²) in [5, 5.41) is 10.6. The number of hydrazone groups is 1. The first kappa shape index (κ1) is 21.0. The first-order valence-corrected chi connectivity index (χ1v) is 10.2. The Morgan fingerprint density at radius 1 is 1.28 bits per heavy atom. The maximum Gasteiger partial charge on any atom is 0.318 e. The van der Waals surface area contributed by atoms with Crippen LogP contribution in [0.4, 0.5) is 9.18 Å². The number of halogens is 1. The fourth-order valence-corrected chi connectivity index (χ4v) is 3.80. The van der Waals surface area contributed by atoms with Crippen molar-refractivity contribution in [1.82, 2.24) is 15.2 Å². The van der Waals surface area contributed by atoms with Gasteiger partial charge in [-0.05, 0) is 38.3 Å². The zero-order valence-electron chi connectivity index (χ0n) is 17.0. The van der Waals surface area contributed by atoms with E-state index in [2.05, 4.69) is 10.4 Å². The van der Waals surface area contributed by atoms with Gasteiger partial charge in [0.25, 0.3) is 5.91 Å². The van der Waals surface area contributed by atoms with Gasteiger partial charge in [0.15, 0.2) is 0 Å². The van der Waals surface area contributed by atoms with Gasteiger partial charge in [-0.25, -0.2) is 14.2 Å². The lowest BCUT2D eigenvalue weighted by atomic mass is 10.0. The molecule has 3 rings (SSSR count). The van der Waals surface area contributed by atoms with E-state index in [-0.39, 0.29) is 24.3 Å². The highest BCUT2D eigenvalue weighted by molar-refractivity contribution is 7.12.